The van der Waals surface area contributed by atoms with E-state index in [0.29, 0.717) is 11.1 Å². The zero-order valence-corrected chi connectivity index (χ0v) is 8.72. The van der Waals surface area contributed by atoms with E-state index in [1.807, 2.05) is 0 Å². The van der Waals surface area contributed by atoms with Gasteiger partial charge in [-0.3, -0.25) is 4.79 Å². The molecule has 0 aliphatic rings. The molecule has 0 aliphatic carbocycles. The Bertz CT molecular complexity index is 584. The minimum Gasteiger partial charge on any atom is -0.505 e. The summed E-state index contributed by atoms with van der Waals surface area (Å²) in [5, 5.41) is 9.82. The SMILES string of the molecule is NC(=O)c1nccc(-c2cccc(F)c2)c1O. The van der Waals surface area contributed by atoms with Gasteiger partial charge < -0.3 is 10.8 Å². The molecule has 0 aliphatic heterocycles. The van der Waals surface area contributed by atoms with Crippen LogP contribution in [-0.2, 0) is 0 Å². The number of nitrogens with two attached hydrogens (primary N) is 1. The lowest BCUT2D eigenvalue weighted by Gasteiger charge is -2.06. The molecule has 2 rings (SSSR count). The van der Waals surface area contributed by atoms with Gasteiger partial charge in [0.2, 0.25) is 0 Å². The van der Waals surface area contributed by atoms with Crippen LogP contribution in [0.4, 0.5) is 4.39 Å². The summed E-state index contributed by atoms with van der Waals surface area (Å²) in [5.41, 5.74) is 5.59. The monoisotopic (exact) mass is 232 g/mol. The summed E-state index contributed by atoms with van der Waals surface area (Å²) in [5.74, 6) is -1.61. The van der Waals surface area contributed by atoms with E-state index >= 15 is 0 Å². The number of aromatic hydroxyl groups is 1. The van der Waals surface area contributed by atoms with Gasteiger partial charge in [0.05, 0.1) is 0 Å². The standard InChI is InChI=1S/C12H9FN2O2/c13-8-3-1-2-7(6-8)9-4-5-15-10(11(9)16)12(14)17/h1-6,16H,(H2,14,17). The largest absolute Gasteiger partial charge is 0.505 e. The highest BCUT2D eigenvalue weighted by Gasteiger charge is 2.14. The lowest BCUT2D eigenvalue weighted by Crippen LogP contribution is -2.13. The second-order valence-electron chi connectivity index (χ2n) is 3.43. The van der Waals surface area contributed by atoms with Crippen molar-refractivity contribution in [2.24, 2.45) is 5.73 Å². The number of amides is 1. The Balaban J connectivity index is 2.60. The number of primary amides is 1. The molecule has 1 aromatic heterocycles. The lowest BCUT2D eigenvalue weighted by molar-refractivity contribution is 0.0993. The summed E-state index contributed by atoms with van der Waals surface area (Å²) in [7, 11) is 0. The molecule has 0 radical (unpaired) electrons. The molecule has 4 nitrogen and oxygen atoms in total. The topological polar surface area (TPSA) is 76.2 Å². The zero-order chi connectivity index (χ0) is 12.4. The van der Waals surface area contributed by atoms with E-state index in [0.717, 1.165) is 0 Å². The van der Waals surface area contributed by atoms with Gasteiger partial charge in [-0.15, -0.1) is 0 Å². The first-order chi connectivity index (χ1) is 8.09. The molecular weight excluding hydrogens is 223 g/mol. The average molecular weight is 232 g/mol. The Morgan fingerprint density at radius 2 is 2.12 bits per heavy atom. The Morgan fingerprint density at radius 1 is 1.35 bits per heavy atom. The van der Waals surface area contributed by atoms with E-state index in [9.17, 15) is 14.3 Å². The van der Waals surface area contributed by atoms with Gasteiger partial charge in [-0.2, -0.15) is 0 Å². The number of nitrogens with zero attached hydrogens (tertiary/aromatic N) is 1. The molecule has 0 fully saturated rings. The van der Waals surface area contributed by atoms with E-state index < -0.39 is 11.7 Å². The van der Waals surface area contributed by atoms with Crippen LogP contribution in [0.25, 0.3) is 11.1 Å². The van der Waals surface area contributed by atoms with E-state index in [-0.39, 0.29) is 11.4 Å². The number of benzene rings is 1. The van der Waals surface area contributed by atoms with Crippen LogP contribution in [-0.4, -0.2) is 16.0 Å². The fourth-order valence-electron chi connectivity index (χ4n) is 1.52. The summed E-state index contributed by atoms with van der Waals surface area (Å²) in [6.45, 7) is 0. The highest BCUT2D eigenvalue weighted by atomic mass is 19.1. The molecule has 0 bridgehead atoms. The summed E-state index contributed by atoms with van der Waals surface area (Å²) in [6.07, 6.45) is 1.33. The summed E-state index contributed by atoms with van der Waals surface area (Å²) < 4.78 is 13.1. The summed E-state index contributed by atoms with van der Waals surface area (Å²) in [6, 6.07) is 7.14. The molecule has 17 heavy (non-hydrogen) atoms. The van der Waals surface area contributed by atoms with Gasteiger partial charge in [0.1, 0.15) is 5.82 Å². The van der Waals surface area contributed by atoms with Crippen molar-refractivity contribution >= 4 is 5.91 Å². The molecule has 0 unspecified atom stereocenters. The number of carbonyl (C=O) groups is 1. The maximum atomic E-state index is 13.1. The van der Waals surface area contributed by atoms with E-state index in [1.165, 1.54) is 30.5 Å². The van der Waals surface area contributed by atoms with Crippen molar-refractivity contribution in [2.75, 3.05) is 0 Å². The fraction of sp³-hybridized carbons (Fsp3) is 0. The minimum atomic E-state index is -0.833. The Hall–Kier alpha value is -2.43. The number of hydrogen-bond acceptors (Lipinski definition) is 3. The van der Waals surface area contributed by atoms with Gasteiger partial charge in [0.15, 0.2) is 11.4 Å². The number of aromatic nitrogens is 1. The first kappa shape index (κ1) is 11.1. The third-order valence-corrected chi connectivity index (χ3v) is 2.29. The maximum absolute atomic E-state index is 13.1. The molecule has 3 N–H and O–H groups in total. The van der Waals surface area contributed by atoms with Crippen LogP contribution in [0.5, 0.6) is 5.75 Å². The van der Waals surface area contributed by atoms with Crippen LogP contribution < -0.4 is 5.73 Å². The maximum Gasteiger partial charge on any atom is 0.271 e. The fourth-order valence-corrected chi connectivity index (χ4v) is 1.52. The van der Waals surface area contributed by atoms with Gasteiger partial charge in [0, 0.05) is 11.8 Å². The van der Waals surface area contributed by atoms with Gasteiger partial charge in [0.25, 0.3) is 5.91 Å². The molecular formula is C12H9FN2O2. The van der Waals surface area contributed by atoms with Crippen molar-refractivity contribution in [3.05, 3.63) is 48.0 Å². The number of carbonyl (C=O) groups excluding carboxylic acids is 1. The van der Waals surface area contributed by atoms with E-state index in [4.69, 9.17) is 5.73 Å². The lowest BCUT2D eigenvalue weighted by atomic mass is 10.0. The molecule has 1 heterocycles. The summed E-state index contributed by atoms with van der Waals surface area (Å²) in [4.78, 5) is 14.7. The third-order valence-electron chi connectivity index (χ3n) is 2.29. The predicted octanol–water partition coefficient (Wildman–Crippen LogP) is 1.69. The smallest absolute Gasteiger partial charge is 0.271 e. The van der Waals surface area contributed by atoms with Crippen LogP contribution in [0.3, 0.4) is 0 Å². The zero-order valence-electron chi connectivity index (χ0n) is 8.72. The molecule has 0 saturated carbocycles. The quantitative estimate of drug-likeness (QED) is 0.827. The van der Waals surface area contributed by atoms with Gasteiger partial charge >= 0.3 is 0 Å². The van der Waals surface area contributed by atoms with Crippen LogP contribution in [0.15, 0.2) is 36.5 Å². The number of pyridine rings is 1. The van der Waals surface area contributed by atoms with Crippen LogP contribution in [0, 0.1) is 5.82 Å². The van der Waals surface area contributed by atoms with E-state index in [1.54, 1.807) is 6.07 Å². The molecule has 0 spiro atoms. The first-order valence-electron chi connectivity index (χ1n) is 4.83. The Labute approximate surface area is 96.5 Å². The van der Waals surface area contributed by atoms with Crippen molar-refractivity contribution < 1.29 is 14.3 Å². The van der Waals surface area contributed by atoms with Gasteiger partial charge in [-0.1, -0.05) is 12.1 Å². The van der Waals surface area contributed by atoms with Crippen molar-refractivity contribution in [3.63, 3.8) is 0 Å². The molecule has 5 heteroatoms. The van der Waals surface area contributed by atoms with Crippen LogP contribution >= 0.6 is 0 Å². The Kier molecular flexibility index (Phi) is 2.74. The van der Waals surface area contributed by atoms with Crippen molar-refractivity contribution in [3.8, 4) is 16.9 Å². The van der Waals surface area contributed by atoms with E-state index in [2.05, 4.69) is 4.98 Å². The highest BCUT2D eigenvalue weighted by Crippen LogP contribution is 2.30. The van der Waals surface area contributed by atoms with Crippen molar-refractivity contribution in [1.29, 1.82) is 0 Å². The molecule has 1 aromatic carbocycles. The third kappa shape index (κ3) is 2.08. The summed E-state index contributed by atoms with van der Waals surface area (Å²) >= 11 is 0. The number of halogens is 1. The second-order valence-corrected chi connectivity index (χ2v) is 3.43. The first-order valence-corrected chi connectivity index (χ1v) is 4.83. The predicted molar refractivity (Wildman–Crippen MR) is 59.8 cm³/mol. The van der Waals surface area contributed by atoms with Crippen molar-refractivity contribution in [2.45, 2.75) is 0 Å². The average Bonchev–Trinajstić information content (AvgIpc) is 2.29. The molecule has 2 aromatic rings. The second kappa shape index (κ2) is 4.21. The molecule has 1 amide bonds. The Morgan fingerprint density at radius 3 is 2.76 bits per heavy atom. The van der Waals surface area contributed by atoms with Crippen LogP contribution in [0.2, 0.25) is 0 Å². The normalized spacial score (nSPS) is 10.2. The molecule has 0 saturated heterocycles. The highest BCUT2D eigenvalue weighted by molar-refractivity contribution is 5.95. The van der Waals surface area contributed by atoms with Gasteiger partial charge in [-0.25, -0.2) is 9.37 Å². The van der Waals surface area contributed by atoms with Crippen molar-refractivity contribution in [1.82, 2.24) is 4.98 Å². The molecule has 86 valence electrons. The number of hydrogen-bond donors (Lipinski definition) is 2. The van der Waals surface area contributed by atoms with Crippen LogP contribution in [0.1, 0.15) is 10.5 Å². The van der Waals surface area contributed by atoms with Gasteiger partial charge in [-0.05, 0) is 23.8 Å². The molecule has 0 atom stereocenters. The minimum absolute atomic E-state index is 0.230. The number of rotatable bonds is 2.